The van der Waals surface area contributed by atoms with Crippen LogP contribution in [0.4, 0.5) is 0 Å². The second-order valence-corrected chi connectivity index (χ2v) is 5.03. The van der Waals surface area contributed by atoms with E-state index < -0.39 is 17.5 Å². The summed E-state index contributed by atoms with van der Waals surface area (Å²) in [7, 11) is 0. The molecule has 0 radical (unpaired) electrons. The van der Waals surface area contributed by atoms with E-state index in [0.29, 0.717) is 6.42 Å². The highest BCUT2D eigenvalue weighted by Gasteiger charge is 2.32. The van der Waals surface area contributed by atoms with Crippen LogP contribution < -0.4 is 0 Å². The third kappa shape index (κ3) is 2.91. The minimum Gasteiger partial charge on any atom is -0.511 e. The van der Waals surface area contributed by atoms with Gasteiger partial charge in [-0.05, 0) is 23.6 Å². The Morgan fingerprint density at radius 2 is 1.95 bits per heavy atom. The van der Waals surface area contributed by atoms with E-state index in [1.165, 1.54) is 18.2 Å². The Bertz CT molecular complexity index is 574. The van der Waals surface area contributed by atoms with Crippen molar-refractivity contribution in [2.45, 2.75) is 25.4 Å². The Labute approximate surface area is 117 Å². The third-order valence-electron chi connectivity index (χ3n) is 3.53. The molecular weight excluding hydrogens is 256 g/mol. The maximum absolute atomic E-state index is 10.9. The zero-order valence-electron chi connectivity index (χ0n) is 11.3. The lowest BCUT2D eigenvalue weighted by molar-refractivity contribution is -0.139. The Morgan fingerprint density at radius 3 is 2.50 bits per heavy atom. The number of benzene rings is 1. The van der Waals surface area contributed by atoms with Crippen molar-refractivity contribution in [2.24, 2.45) is 5.92 Å². The van der Waals surface area contributed by atoms with Gasteiger partial charge in [0.25, 0.3) is 0 Å². The van der Waals surface area contributed by atoms with E-state index in [-0.39, 0.29) is 5.76 Å². The van der Waals surface area contributed by atoms with Crippen molar-refractivity contribution in [3.05, 3.63) is 59.4 Å². The van der Waals surface area contributed by atoms with Gasteiger partial charge in [-0.3, -0.25) is 4.79 Å². The van der Waals surface area contributed by atoms with E-state index in [4.69, 9.17) is 5.11 Å². The smallest absolute Gasteiger partial charge is 0.318 e. The molecule has 106 valence electrons. The van der Waals surface area contributed by atoms with Crippen LogP contribution in [0.25, 0.3) is 0 Å². The molecule has 3 N–H and O–H groups in total. The van der Waals surface area contributed by atoms with Crippen molar-refractivity contribution in [3.8, 4) is 0 Å². The van der Waals surface area contributed by atoms with E-state index in [0.717, 1.165) is 17.5 Å². The molecule has 0 spiro atoms. The van der Waals surface area contributed by atoms with Crippen LogP contribution in [0.15, 0.2) is 48.3 Å². The Hall–Kier alpha value is -2.07. The minimum absolute atomic E-state index is 0.309. The van der Waals surface area contributed by atoms with E-state index in [1.807, 2.05) is 31.2 Å². The van der Waals surface area contributed by atoms with Crippen LogP contribution in [0.1, 0.15) is 18.1 Å². The largest absolute Gasteiger partial charge is 0.511 e. The number of aliphatic hydroxyl groups is 2. The summed E-state index contributed by atoms with van der Waals surface area (Å²) in [6.45, 7) is 2.04. The van der Waals surface area contributed by atoms with Gasteiger partial charge >= 0.3 is 5.97 Å². The molecule has 2 unspecified atom stereocenters. The highest BCUT2D eigenvalue weighted by molar-refractivity contribution is 5.76. The van der Waals surface area contributed by atoms with Gasteiger partial charge in [-0.25, -0.2) is 0 Å². The molecule has 1 aromatic carbocycles. The fourth-order valence-electron chi connectivity index (χ4n) is 2.45. The number of hydrogen-bond donors (Lipinski definition) is 3. The second-order valence-electron chi connectivity index (χ2n) is 5.03. The van der Waals surface area contributed by atoms with E-state index in [9.17, 15) is 15.0 Å². The summed E-state index contributed by atoms with van der Waals surface area (Å²) >= 11 is 0. The summed E-state index contributed by atoms with van der Waals surface area (Å²) < 4.78 is 0. The van der Waals surface area contributed by atoms with Gasteiger partial charge in [0.05, 0.1) is 0 Å². The molecule has 0 fully saturated rings. The van der Waals surface area contributed by atoms with Gasteiger partial charge in [0.2, 0.25) is 0 Å². The van der Waals surface area contributed by atoms with Crippen LogP contribution in [0.2, 0.25) is 0 Å². The van der Waals surface area contributed by atoms with E-state index in [2.05, 4.69) is 0 Å². The van der Waals surface area contributed by atoms with Crippen LogP contribution in [0.5, 0.6) is 0 Å². The first kappa shape index (κ1) is 14.3. The molecule has 0 bridgehead atoms. The lowest BCUT2D eigenvalue weighted by Crippen LogP contribution is -2.32. The third-order valence-corrected chi connectivity index (χ3v) is 3.53. The summed E-state index contributed by atoms with van der Waals surface area (Å²) in [5.41, 5.74) is 0.768. The van der Waals surface area contributed by atoms with Crippen LogP contribution >= 0.6 is 0 Å². The number of rotatable bonds is 4. The number of carboxylic acids is 1. The van der Waals surface area contributed by atoms with E-state index in [1.54, 1.807) is 0 Å². The molecule has 1 aliphatic rings. The van der Waals surface area contributed by atoms with Crippen molar-refractivity contribution >= 4 is 5.97 Å². The SMILES string of the molecule is CCc1ccccc1CC1(O)C=CC(C(=O)O)C(O)=C1. The van der Waals surface area contributed by atoms with Crippen LogP contribution in [0.3, 0.4) is 0 Å². The number of aliphatic hydroxyl groups excluding tert-OH is 1. The molecule has 0 saturated heterocycles. The van der Waals surface area contributed by atoms with Gasteiger partial charge in [0, 0.05) is 6.42 Å². The summed E-state index contributed by atoms with van der Waals surface area (Å²) in [6.07, 6.45) is 5.15. The number of hydrogen-bond acceptors (Lipinski definition) is 3. The Kier molecular flexibility index (Phi) is 3.95. The quantitative estimate of drug-likeness (QED) is 0.736. The van der Waals surface area contributed by atoms with Crippen molar-refractivity contribution in [3.63, 3.8) is 0 Å². The van der Waals surface area contributed by atoms with Gasteiger partial charge < -0.3 is 15.3 Å². The van der Waals surface area contributed by atoms with Crippen LogP contribution in [-0.2, 0) is 17.6 Å². The van der Waals surface area contributed by atoms with Gasteiger partial charge in [-0.1, -0.05) is 43.3 Å². The molecule has 2 atom stereocenters. The monoisotopic (exact) mass is 274 g/mol. The maximum Gasteiger partial charge on any atom is 0.318 e. The summed E-state index contributed by atoms with van der Waals surface area (Å²) in [5.74, 6) is -2.53. The lowest BCUT2D eigenvalue weighted by atomic mass is 9.85. The number of carboxylic acid groups (broad SMARTS) is 1. The molecule has 4 nitrogen and oxygen atoms in total. The average molecular weight is 274 g/mol. The standard InChI is InChI=1S/C16H18O4/c1-2-11-5-3-4-6-12(11)9-16(20)8-7-13(15(18)19)14(17)10-16/h3-8,10,13,17,20H,2,9H2,1H3,(H,18,19). The molecule has 4 heteroatoms. The van der Waals surface area contributed by atoms with Crippen molar-refractivity contribution in [1.82, 2.24) is 0 Å². The summed E-state index contributed by atoms with van der Waals surface area (Å²) in [6, 6.07) is 7.76. The normalized spacial score (nSPS) is 25.3. The molecule has 0 amide bonds. The van der Waals surface area contributed by atoms with Crippen LogP contribution in [-0.4, -0.2) is 26.9 Å². The highest BCUT2D eigenvalue weighted by atomic mass is 16.4. The molecule has 1 aromatic rings. The fraction of sp³-hybridized carbons (Fsp3) is 0.312. The molecule has 2 rings (SSSR count). The summed E-state index contributed by atoms with van der Waals surface area (Å²) in [4.78, 5) is 10.9. The fourth-order valence-corrected chi connectivity index (χ4v) is 2.45. The zero-order chi connectivity index (χ0) is 14.8. The Morgan fingerprint density at radius 1 is 1.30 bits per heavy atom. The van der Waals surface area contributed by atoms with Crippen molar-refractivity contribution in [2.75, 3.05) is 0 Å². The van der Waals surface area contributed by atoms with Crippen molar-refractivity contribution in [1.29, 1.82) is 0 Å². The molecule has 0 aliphatic heterocycles. The molecule has 1 aliphatic carbocycles. The zero-order valence-corrected chi connectivity index (χ0v) is 11.3. The first-order chi connectivity index (χ1) is 9.45. The first-order valence-electron chi connectivity index (χ1n) is 6.58. The first-order valence-corrected chi connectivity index (χ1v) is 6.58. The predicted molar refractivity (Wildman–Crippen MR) is 75.5 cm³/mol. The van der Waals surface area contributed by atoms with E-state index >= 15 is 0 Å². The van der Waals surface area contributed by atoms with Crippen molar-refractivity contribution < 1.29 is 20.1 Å². The van der Waals surface area contributed by atoms with Gasteiger partial charge in [0.15, 0.2) is 0 Å². The molecule has 0 aromatic heterocycles. The van der Waals surface area contributed by atoms with Gasteiger partial charge in [-0.15, -0.1) is 0 Å². The minimum atomic E-state index is -1.35. The second kappa shape index (κ2) is 5.51. The average Bonchev–Trinajstić information content (AvgIpc) is 2.38. The maximum atomic E-state index is 10.9. The summed E-state index contributed by atoms with van der Waals surface area (Å²) in [5, 5.41) is 29.2. The number of aryl methyl sites for hydroxylation is 1. The predicted octanol–water partition coefficient (Wildman–Crippen LogP) is 2.24. The van der Waals surface area contributed by atoms with Gasteiger partial charge in [-0.2, -0.15) is 0 Å². The number of aliphatic carboxylic acids is 1. The van der Waals surface area contributed by atoms with Gasteiger partial charge in [0.1, 0.15) is 17.3 Å². The highest BCUT2D eigenvalue weighted by Crippen LogP contribution is 2.28. The molecule has 20 heavy (non-hydrogen) atoms. The molecule has 0 heterocycles. The number of carbonyl (C=O) groups is 1. The Balaban J connectivity index is 2.26. The lowest BCUT2D eigenvalue weighted by Gasteiger charge is -2.27. The topological polar surface area (TPSA) is 77.8 Å². The molecule has 0 saturated carbocycles. The van der Waals surface area contributed by atoms with Crippen LogP contribution in [0, 0.1) is 5.92 Å². The molecular formula is C16H18O4.